The van der Waals surface area contributed by atoms with Crippen LogP contribution in [0.15, 0.2) is 54.6 Å². The summed E-state index contributed by atoms with van der Waals surface area (Å²) in [6, 6.07) is 18.7. The molecule has 0 fully saturated rings. The summed E-state index contributed by atoms with van der Waals surface area (Å²) in [6.07, 6.45) is 4.13. The maximum Gasteiger partial charge on any atom is 0.221 e. The minimum absolute atomic E-state index is 0.376. The van der Waals surface area contributed by atoms with Crippen LogP contribution in [0.4, 0.5) is 17.2 Å². The van der Waals surface area contributed by atoms with Crippen molar-refractivity contribution in [2.24, 2.45) is 0 Å². The van der Waals surface area contributed by atoms with Crippen molar-refractivity contribution in [1.29, 1.82) is 10.5 Å². The van der Waals surface area contributed by atoms with Gasteiger partial charge < -0.3 is 15.8 Å². The monoisotopic (exact) mass is 395 g/mol. The van der Waals surface area contributed by atoms with E-state index in [-0.39, 0.29) is 0 Å². The summed E-state index contributed by atoms with van der Waals surface area (Å²) in [6.45, 7) is 3.94. The van der Waals surface area contributed by atoms with Gasteiger partial charge in [-0.1, -0.05) is 12.2 Å². The van der Waals surface area contributed by atoms with Gasteiger partial charge in [-0.3, -0.25) is 0 Å². The molecule has 3 rings (SSSR count). The predicted molar refractivity (Wildman–Crippen MR) is 118 cm³/mol. The highest BCUT2D eigenvalue weighted by Gasteiger charge is 2.10. The summed E-state index contributed by atoms with van der Waals surface area (Å²) in [7, 11) is 0. The Morgan fingerprint density at radius 2 is 1.77 bits per heavy atom. The molecular weight excluding hydrogens is 374 g/mol. The first-order valence-corrected chi connectivity index (χ1v) is 9.36. The lowest BCUT2D eigenvalue weighted by molar-refractivity contribution is 0.457. The van der Waals surface area contributed by atoms with Crippen LogP contribution < -0.4 is 15.8 Å². The van der Waals surface area contributed by atoms with Gasteiger partial charge in [0.15, 0.2) is 5.82 Å². The molecular formula is C24H21N5O. The highest BCUT2D eigenvalue weighted by molar-refractivity contribution is 5.69. The molecule has 0 spiro atoms. The van der Waals surface area contributed by atoms with E-state index in [9.17, 15) is 0 Å². The molecule has 0 amide bonds. The van der Waals surface area contributed by atoms with Crippen molar-refractivity contribution < 1.29 is 4.74 Å². The van der Waals surface area contributed by atoms with E-state index < -0.39 is 0 Å². The summed E-state index contributed by atoms with van der Waals surface area (Å²) in [5.41, 5.74) is 10.8. The van der Waals surface area contributed by atoms with Crippen LogP contribution in [-0.4, -0.2) is 4.98 Å². The molecule has 3 N–H and O–H groups in total. The summed E-state index contributed by atoms with van der Waals surface area (Å²) in [5.74, 6) is 1.62. The number of rotatable bonds is 6. The molecule has 1 heterocycles. The number of hydrogen-bond donors (Lipinski definition) is 2. The fourth-order valence-electron chi connectivity index (χ4n) is 2.97. The SMILES string of the molecule is Cc1cc(/C=C/CC#N)cc(C)c1Oc1ccc(N)c(Nc2ccc(C#N)cc2)n1. The summed E-state index contributed by atoms with van der Waals surface area (Å²) in [4.78, 5) is 4.50. The minimum Gasteiger partial charge on any atom is -0.438 e. The van der Waals surface area contributed by atoms with Crippen LogP contribution in [0.2, 0.25) is 0 Å². The molecule has 2 aromatic carbocycles. The molecule has 0 saturated heterocycles. The number of allylic oxidation sites excluding steroid dienone is 1. The van der Waals surface area contributed by atoms with Gasteiger partial charge in [-0.05, 0) is 73.0 Å². The van der Waals surface area contributed by atoms with Gasteiger partial charge in [-0.15, -0.1) is 0 Å². The fourth-order valence-corrected chi connectivity index (χ4v) is 2.97. The summed E-state index contributed by atoms with van der Waals surface area (Å²) < 4.78 is 6.06. The highest BCUT2D eigenvalue weighted by atomic mass is 16.5. The van der Waals surface area contributed by atoms with E-state index in [1.54, 1.807) is 36.4 Å². The van der Waals surface area contributed by atoms with Gasteiger partial charge in [-0.2, -0.15) is 15.5 Å². The average Bonchev–Trinajstić information content (AvgIpc) is 2.74. The molecule has 6 heteroatoms. The maximum atomic E-state index is 8.92. The Bertz CT molecular complexity index is 1140. The third kappa shape index (κ3) is 4.95. The van der Waals surface area contributed by atoms with Crippen molar-refractivity contribution in [3.05, 3.63) is 76.9 Å². The first-order valence-electron chi connectivity index (χ1n) is 9.36. The average molecular weight is 395 g/mol. The van der Waals surface area contributed by atoms with Gasteiger partial charge in [0.05, 0.1) is 29.8 Å². The lowest BCUT2D eigenvalue weighted by atomic mass is 10.1. The molecule has 0 atom stereocenters. The number of nitrogen functional groups attached to an aromatic ring is 1. The largest absolute Gasteiger partial charge is 0.438 e. The zero-order chi connectivity index (χ0) is 21.5. The van der Waals surface area contributed by atoms with Crippen molar-refractivity contribution in [1.82, 2.24) is 4.98 Å². The lowest BCUT2D eigenvalue weighted by Crippen LogP contribution is -2.01. The molecule has 0 saturated carbocycles. The van der Waals surface area contributed by atoms with Crippen molar-refractivity contribution in [3.63, 3.8) is 0 Å². The van der Waals surface area contributed by atoms with E-state index >= 15 is 0 Å². The van der Waals surface area contributed by atoms with Gasteiger partial charge in [0, 0.05) is 11.8 Å². The number of ether oxygens (including phenoxy) is 1. The molecule has 0 aliphatic carbocycles. The lowest BCUT2D eigenvalue weighted by Gasteiger charge is -2.14. The van der Waals surface area contributed by atoms with E-state index in [1.807, 2.05) is 38.1 Å². The summed E-state index contributed by atoms with van der Waals surface area (Å²) in [5, 5.41) is 20.7. The minimum atomic E-state index is 0.376. The van der Waals surface area contributed by atoms with Gasteiger partial charge in [0.25, 0.3) is 0 Å². The number of hydrogen-bond acceptors (Lipinski definition) is 6. The van der Waals surface area contributed by atoms with Crippen LogP contribution >= 0.6 is 0 Å². The molecule has 0 aliphatic rings. The molecule has 30 heavy (non-hydrogen) atoms. The third-order valence-electron chi connectivity index (χ3n) is 4.39. The summed E-state index contributed by atoms with van der Waals surface area (Å²) >= 11 is 0. The standard InChI is InChI=1S/C24H21N5O/c1-16-13-19(5-3-4-12-25)14-17(2)23(16)30-22-11-10-21(27)24(29-22)28-20-8-6-18(15-26)7-9-20/h3,5-11,13-14H,4,27H2,1-2H3,(H,28,29)/b5-3+. The fraction of sp³-hybridized carbons (Fsp3) is 0.125. The number of aromatic nitrogens is 1. The van der Waals surface area contributed by atoms with Gasteiger partial charge in [0.2, 0.25) is 5.88 Å². The molecule has 0 unspecified atom stereocenters. The number of nitriles is 2. The van der Waals surface area contributed by atoms with E-state index in [1.165, 1.54) is 0 Å². The van der Waals surface area contributed by atoms with Crippen LogP contribution in [-0.2, 0) is 0 Å². The number of nitrogens with two attached hydrogens (primary N) is 1. The van der Waals surface area contributed by atoms with Crippen LogP contribution in [0.1, 0.15) is 28.7 Å². The Morgan fingerprint density at radius 3 is 2.40 bits per heavy atom. The predicted octanol–water partition coefficient (Wildman–Crippen LogP) is 5.62. The maximum absolute atomic E-state index is 8.92. The number of aryl methyl sites for hydroxylation is 2. The van der Waals surface area contributed by atoms with E-state index in [2.05, 4.69) is 22.4 Å². The normalized spacial score (nSPS) is 10.4. The van der Waals surface area contributed by atoms with Crippen LogP contribution in [0.5, 0.6) is 11.6 Å². The molecule has 3 aromatic rings. The Hall–Kier alpha value is -4.29. The van der Waals surface area contributed by atoms with Crippen LogP contribution in [0.25, 0.3) is 6.08 Å². The van der Waals surface area contributed by atoms with Gasteiger partial charge >= 0.3 is 0 Å². The first-order chi connectivity index (χ1) is 14.5. The van der Waals surface area contributed by atoms with Gasteiger partial charge in [-0.25, -0.2) is 0 Å². The topological polar surface area (TPSA) is 108 Å². The smallest absolute Gasteiger partial charge is 0.221 e. The second-order valence-electron chi connectivity index (χ2n) is 6.75. The van der Waals surface area contributed by atoms with E-state index in [4.69, 9.17) is 21.0 Å². The molecule has 0 bridgehead atoms. The Kier molecular flexibility index (Phi) is 6.32. The molecule has 0 aliphatic heterocycles. The quantitative estimate of drug-likeness (QED) is 0.561. The molecule has 1 aromatic heterocycles. The number of anilines is 3. The number of nitrogens with zero attached hydrogens (tertiary/aromatic N) is 3. The second-order valence-corrected chi connectivity index (χ2v) is 6.75. The molecule has 0 radical (unpaired) electrons. The Morgan fingerprint density at radius 1 is 1.07 bits per heavy atom. The van der Waals surface area contributed by atoms with Gasteiger partial charge in [0.1, 0.15) is 5.75 Å². The van der Waals surface area contributed by atoms with Crippen LogP contribution in [0, 0.1) is 36.5 Å². The van der Waals surface area contributed by atoms with Crippen molar-refractivity contribution in [2.75, 3.05) is 11.1 Å². The number of benzene rings is 2. The number of nitrogens with one attached hydrogen (secondary N) is 1. The van der Waals surface area contributed by atoms with Crippen molar-refractivity contribution in [3.8, 4) is 23.8 Å². The first kappa shape index (κ1) is 20.4. The highest BCUT2D eigenvalue weighted by Crippen LogP contribution is 2.32. The van der Waals surface area contributed by atoms with E-state index in [0.717, 1.165) is 28.1 Å². The molecule has 148 valence electrons. The zero-order valence-electron chi connectivity index (χ0n) is 16.8. The Balaban J connectivity index is 1.83. The van der Waals surface area contributed by atoms with Crippen molar-refractivity contribution >= 4 is 23.3 Å². The number of pyridine rings is 1. The second kappa shape index (κ2) is 9.27. The van der Waals surface area contributed by atoms with E-state index in [0.29, 0.717) is 29.4 Å². The third-order valence-corrected chi connectivity index (χ3v) is 4.39. The van der Waals surface area contributed by atoms with Crippen molar-refractivity contribution in [2.45, 2.75) is 20.3 Å². The van der Waals surface area contributed by atoms with Crippen LogP contribution in [0.3, 0.4) is 0 Å². The molecule has 6 nitrogen and oxygen atoms in total. The Labute approximate surface area is 175 Å². The zero-order valence-corrected chi connectivity index (χ0v) is 16.8.